The Kier molecular flexibility index (Phi) is 4.21. The van der Waals surface area contributed by atoms with Crippen molar-refractivity contribution in [2.45, 2.75) is 18.5 Å². The normalized spacial score (nSPS) is 19.8. The van der Waals surface area contributed by atoms with E-state index >= 15 is 0 Å². The molecule has 0 aliphatic heterocycles. The van der Waals surface area contributed by atoms with Crippen LogP contribution < -0.4 is 10.6 Å². The minimum atomic E-state index is -4.32. The van der Waals surface area contributed by atoms with E-state index in [0.29, 0.717) is 5.69 Å². The Morgan fingerprint density at radius 3 is 2.67 bits per heavy atom. The molecule has 1 heterocycles. The molecule has 1 saturated carbocycles. The molecule has 128 valence electrons. The number of halogens is 3. The van der Waals surface area contributed by atoms with Gasteiger partial charge in [0.15, 0.2) is 0 Å². The fourth-order valence-electron chi connectivity index (χ4n) is 2.65. The van der Waals surface area contributed by atoms with Crippen LogP contribution in [0.2, 0.25) is 0 Å². The number of amides is 1. The van der Waals surface area contributed by atoms with Gasteiger partial charge in [-0.3, -0.25) is 9.48 Å². The zero-order valence-electron chi connectivity index (χ0n) is 13.0. The number of anilines is 2. The number of aromatic nitrogens is 2. The minimum absolute atomic E-state index is 0.119. The number of carbonyl (C=O) groups is 1. The van der Waals surface area contributed by atoms with Gasteiger partial charge in [0.2, 0.25) is 5.91 Å². The van der Waals surface area contributed by atoms with Crippen LogP contribution in [0.1, 0.15) is 17.9 Å². The number of hydrogen-bond acceptors (Lipinski definition) is 3. The van der Waals surface area contributed by atoms with E-state index in [9.17, 15) is 18.0 Å². The lowest BCUT2D eigenvalue weighted by atomic mass is 10.2. The van der Waals surface area contributed by atoms with E-state index in [0.717, 1.165) is 12.0 Å². The Balaban J connectivity index is 1.63. The lowest BCUT2D eigenvalue weighted by Crippen LogP contribution is -2.22. The maximum absolute atomic E-state index is 12.4. The van der Waals surface area contributed by atoms with Crippen molar-refractivity contribution in [3.05, 3.63) is 42.2 Å². The van der Waals surface area contributed by atoms with Crippen LogP contribution in [-0.2, 0) is 11.8 Å². The van der Waals surface area contributed by atoms with E-state index in [-0.39, 0.29) is 23.4 Å². The zero-order chi connectivity index (χ0) is 17.3. The number of benzene rings is 1. The van der Waals surface area contributed by atoms with E-state index in [1.54, 1.807) is 29.1 Å². The molecule has 0 bridgehead atoms. The molecule has 1 aromatic heterocycles. The van der Waals surface area contributed by atoms with Crippen molar-refractivity contribution in [2.24, 2.45) is 13.0 Å². The van der Waals surface area contributed by atoms with Gasteiger partial charge in [0.25, 0.3) is 0 Å². The molecule has 24 heavy (non-hydrogen) atoms. The first-order valence-electron chi connectivity index (χ1n) is 7.52. The van der Waals surface area contributed by atoms with Gasteiger partial charge in [-0.1, -0.05) is 12.1 Å². The average Bonchev–Trinajstić information content (AvgIpc) is 3.20. The van der Waals surface area contributed by atoms with Gasteiger partial charge in [-0.25, -0.2) is 0 Å². The number of rotatable bonds is 5. The largest absolute Gasteiger partial charge is 0.405 e. The molecule has 5 nitrogen and oxygen atoms in total. The molecule has 1 aliphatic carbocycles. The Labute approximate surface area is 136 Å². The highest BCUT2D eigenvalue weighted by Crippen LogP contribution is 2.48. The SMILES string of the molecule is Cn1cc([C@@H]2C[C@H]2C(=O)Nc2ccccc2NCC(F)(F)F)cn1. The van der Waals surface area contributed by atoms with Crippen molar-refractivity contribution in [2.75, 3.05) is 17.2 Å². The van der Waals surface area contributed by atoms with Crippen molar-refractivity contribution >= 4 is 17.3 Å². The van der Waals surface area contributed by atoms with E-state index < -0.39 is 12.7 Å². The Morgan fingerprint density at radius 1 is 1.33 bits per heavy atom. The Bertz CT molecular complexity index is 741. The van der Waals surface area contributed by atoms with Gasteiger partial charge in [0, 0.05) is 19.2 Å². The molecule has 8 heteroatoms. The van der Waals surface area contributed by atoms with E-state index in [1.165, 1.54) is 6.07 Å². The van der Waals surface area contributed by atoms with Crippen molar-refractivity contribution in [1.29, 1.82) is 0 Å². The van der Waals surface area contributed by atoms with Gasteiger partial charge in [-0.15, -0.1) is 0 Å². The van der Waals surface area contributed by atoms with Crippen LogP contribution in [0.5, 0.6) is 0 Å². The predicted octanol–water partition coefficient (Wildman–Crippen LogP) is 3.14. The molecule has 2 N–H and O–H groups in total. The summed E-state index contributed by atoms with van der Waals surface area (Å²) in [6, 6.07) is 6.37. The Hall–Kier alpha value is -2.51. The van der Waals surface area contributed by atoms with Gasteiger partial charge in [0.05, 0.1) is 17.6 Å². The molecular weight excluding hydrogens is 321 g/mol. The van der Waals surface area contributed by atoms with Crippen molar-refractivity contribution in [3.8, 4) is 0 Å². The molecule has 0 unspecified atom stereocenters. The second kappa shape index (κ2) is 6.18. The fourth-order valence-corrected chi connectivity index (χ4v) is 2.65. The van der Waals surface area contributed by atoms with Crippen LogP contribution in [0.25, 0.3) is 0 Å². The molecule has 1 amide bonds. The van der Waals surface area contributed by atoms with Crippen LogP contribution in [0.3, 0.4) is 0 Å². The summed E-state index contributed by atoms with van der Waals surface area (Å²) in [6.45, 7) is -1.15. The van der Waals surface area contributed by atoms with Crippen LogP contribution in [-0.4, -0.2) is 28.4 Å². The third-order valence-electron chi connectivity index (χ3n) is 3.94. The first-order chi connectivity index (χ1) is 11.3. The van der Waals surface area contributed by atoms with Gasteiger partial charge < -0.3 is 10.6 Å². The maximum atomic E-state index is 12.4. The number of aryl methyl sites for hydroxylation is 1. The topological polar surface area (TPSA) is 59.0 Å². The van der Waals surface area contributed by atoms with Crippen LogP contribution >= 0.6 is 0 Å². The van der Waals surface area contributed by atoms with Crippen molar-refractivity contribution in [3.63, 3.8) is 0 Å². The molecule has 1 aromatic carbocycles. The van der Waals surface area contributed by atoms with Crippen LogP contribution in [0.4, 0.5) is 24.5 Å². The number of nitrogens with zero attached hydrogens (tertiary/aromatic N) is 2. The van der Waals surface area contributed by atoms with Gasteiger partial charge in [0.1, 0.15) is 6.54 Å². The second-order valence-corrected chi connectivity index (χ2v) is 5.90. The van der Waals surface area contributed by atoms with E-state index in [2.05, 4.69) is 15.7 Å². The summed E-state index contributed by atoms with van der Waals surface area (Å²) < 4.78 is 38.8. The highest BCUT2D eigenvalue weighted by atomic mass is 19.4. The van der Waals surface area contributed by atoms with E-state index in [4.69, 9.17) is 0 Å². The first kappa shape index (κ1) is 16.4. The summed E-state index contributed by atoms with van der Waals surface area (Å²) in [5.74, 6) is -0.246. The summed E-state index contributed by atoms with van der Waals surface area (Å²) in [5, 5.41) is 9.12. The summed E-state index contributed by atoms with van der Waals surface area (Å²) in [6.07, 6.45) is 0.00223. The predicted molar refractivity (Wildman–Crippen MR) is 83.7 cm³/mol. The molecule has 1 fully saturated rings. The van der Waals surface area contributed by atoms with Gasteiger partial charge in [-0.2, -0.15) is 18.3 Å². The van der Waals surface area contributed by atoms with Crippen LogP contribution in [0, 0.1) is 5.92 Å². The molecule has 0 spiro atoms. The lowest BCUT2D eigenvalue weighted by molar-refractivity contribution is -0.117. The van der Waals surface area contributed by atoms with Gasteiger partial charge in [-0.05, 0) is 30.0 Å². The summed E-state index contributed by atoms with van der Waals surface area (Å²) >= 11 is 0. The molecule has 2 atom stereocenters. The average molecular weight is 338 g/mol. The number of hydrogen-bond donors (Lipinski definition) is 2. The van der Waals surface area contributed by atoms with Crippen LogP contribution in [0.15, 0.2) is 36.7 Å². The fraction of sp³-hybridized carbons (Fsp3) is 0.375. The molecule has 2 aromatic rings. The highest BCUT2D eigenvalue weighted by Gasteiger charge is 2.44. The van der Waals surface area contributed by atoms with Crippen molar-refractivity contribution in [1.82, 2.24) is 9.78 Å². The smallest absolute Gasteiger partial charge is 0.375 e. The molecule has 0 saturated heterocycles. The number of para-hydroxylation sites is 2. The lowest BCUT2D eigenvalue weighted by Gasteiger charge is -2.14. The summed E-state index contributed by atoms with van der Waals surface area (Å²) in [4.78, 5) is 12.3. The number of alkyl halides is 3. The highest BCUT2D eigenvalue weighted by molar-refractivity contribution is 5.97. The third-order valence-corrected chi connectivity index (χ3v) is 3.94. The molecular formula is C16H17F3N4O. The molecule has 1 aliphatic rings. The second-order valence-electron chi connectivity index (χ2n) is 5.90. The standard InChI is InChI=1S/C16H17F3N4O/c1-23-8-10(7-21-23)11-6-12(11)15(24)22-14-5-3-2-4-13(14)20-9-16(17,18)19/h2-5,7-8,11-12,20H,6,9H2,1H3,(H,22,24)/t11-,12+/m0/s1. The van der Waals surface area contributed by atoms with E-state index in [1.807, 2.05) is 13.2 Å². The number of carbonyl (C=O) groups excluding carboxylic acids is 1. The molecule has 0 radical (unpaired) electrons. The Morgan fingerprint density at radius 2 is 2.04 bits per heavy atom. The summed E-state index contributed by atoms with van der Waals surface area (Å²) in [7, 11) is 1.81. The summed E-state index contributed by atoms with van der Waals surface area (Å²) in [5.41, 5.74) is 1.60. The first-order valence-corrected chi connectivity index (χ1v) is 7.52. The van der Waals surface area contributed by atoms with Gasteiger partial charge >= 0.3 is 6.18 Å². The maximum Gasteiger partial charge on any atom is 0.405 e. The molecule has 3 rings (SSSR count). The third kappa shape index (κ3) is 3.87. The zero-order valence-corrected chi connectivity index (χ0v) is 13.0. The minimum Gasteiger partial charge on any atom is -0.375 e. The monoisotopic (exact) mass is 338 g/mol. The van der Waals surface area contributed by atoms with Crippen molar-refractivity contribution < 1.29 is 18.0 Å². The quantitative estimate of drug-likeness (QED) is 0.881. The number of nitrogens with one attached hydrogen (secondary N) is 2.